The predicted molar refractivity (Wildman–Crippen MR) is 81.2 cm³/mol. The first-order valence-corrected chi connectivity index (χ1v) is 7.17. The van der Waals surface area contributed by atoms with Crippen molar-refractivity contribution >= 4 is 0 Å². The molecule has 0 aliphatic heterocycles. The van der Waals surface area contributed by atoms with E-state index in [9.17, 15) is 4.39 Å². The first-order chi connectivity index (χ1) is 9.52. The van der Waals surface area contributed by atoms with Crippen LogP contribution in [0.5, 0.6) is 0 Å². The zero-order valence-electron chi connectivity index (χ0n) is 12.7. The molecule has 0 fully saturated rings. The summed E-state index contributed by atoms with van der Waals surface area (Å²) in [5, 5.41) is 3.47. The maximum atomic E-state index is 13.2. The van der Waals surface area contributed by atoms with Gasteiger partial charge in [-0.2, -0.15) is 0 Å². The molecule has 0 aliphatic carbocycles. The van der Waals surface area contributed by atoms with Gasteiger partial charge in [0.15, 0.2) is 0 Å². The number of benzene rings is 1. The molecular formula is C17H23FN2. The summed E-state index contributed by atoms with van der Waals surface area (Å²) in [5.41, 5.74) is 4.89. The molecule has 108 valence electrons. The van der Waals surface area contributed by atoms with Gasteiger partial charge in [0.25, 0.3) is 0 Å². The standard InChI is InChI=1S/C17H23FN2/c1-5-20-12(2)9-16(14(20)4)11-19-13(3)15-7-6-8-17(18)10-15/h6-10,13,19H,5,11H2,1-4H3/t13-/m0/s1. The van der Waals surface area contributed by atoms with E-state index in [2.05, 4.69) is 43.6 Å². The highest BCUT2D eigenvalue weighted by atomic mass is 19.1. The summed E-state index contributed by atoms with van der Waals surface area (Å²) in [6.07, 6.45) is 0. The van der Waals surface area contributed by atoms with Crippen molar-refractivity contribution < 1.29 is 4.39 Å². The maximum absolute atomic E-state index is 13.2. The molecule has 1 heterocycles. The molecule has 0 saturated heterocycles. The number of hydrogen-bond acceptors (Lipinski definition) is 1. The van der Waals surface area contributed by atoms with Gasteiger partial charge in [-0.05, 0) is 57.0 Å². The third kappa shape index (κ3) is 3.10. The molecule has 0 bridgehead atoms. The molecule has 1 N–H and O–H groups in total. The number of aromatic nitrogens is 1. The molecule has 1 aromatic heterocycles. The van der Waals surface area contributed by atoms with Gasteiger partial charge in [-0.15, -0.1) is 0 Å². The van der Waals surface area contributed by atoms with Gasteiger partial charge in [0.1, 0.15) is 5.82 Å². The van der Waals surface area contributed by atoms with Crippen LogP contribution in [0.4, 0.5) is 4.39 Å². The van der Waals surface area contributed by atoms with Crippen molar-refractivity contribution in [1.82, 2.24) is 9.88 Å². The fourth-order valence-electron chi connectivity index (χ4n) is 2.69. The molecule has 0 radical (unpaired) electrons. The van der Waals surface area contributed by atoms with Gasteiger partial charge >= 0.3 is 0 Å². The SMILES string of the molecule is CCn1c(C)cc(CN[C@@H](C)c2cccc(F)c2)c1C. The second kappa shape index (κ2) is 6.23. The average molecular weight is 274 g/mol. The lowest BCUT2D eigenvalue weighted by Crippen LogP contribution is -2.18. The maximum Gasteiger partial charge on any atom is 0.123 e. The van der Waals surface area contributed by atoms with Crippen LogP contribution in [0.1, 0.15) is 42.4 Å². The van der Waals surface area contributed by atoms with E-state index in [1.54, 1.807) is 12.1 Å². The van der Waals surface area contributed by atoms with E-state index in [0.717, 1.165) is 18.7 Å². The Kier molecular flexibility index (Phi) is 4.61. The first kappa shape index (κ1) is 14.8. The van der Waals surface area contributed by atoms with Crippen LogP contribution >= 0.6 is 0 Å². The molecule has 0 aliphatic rings. The third-order valence-electron chi connectivity index (χ3n) is 3.94. The molecule has 2 rings (SSSR count). The summed E-state index contributed by atoms with van der Waals surface area (Å²) < 4.78 is 15.5. The van der Waals surface area contributed by atoms with Crippen LogP contribution in [-0.4, -0.2) is 4.57 Å². The molecule has 0 amide bonds. The Hall–Kier alpha value is -1.61. The Morgan fingerprint density at radius 2 is 2.00 bits per heavy atom. The number of hydrogen-bond donors (Lipinski definition) is 1. The number of aryl methyl sites for hydroxylation is 1. The monoisotopic (exact) mass is 274 g/mol. The third-order valence-corrected chi connectivity index (χ3v) is 3.94. The molecule has 2 aromatic rings. The van der Waals surface area contributed by atoms with Crippen LogP contribution in [0.15, 0.2) is 30.3 Å². The molecule has 1 atom stereocenters. The van der Waals surface area contributed by atoms with E-state index >= 15 is 0 Å². The Balaban J connectivity index is 2.05. The smallest absolute Gasteiger partial charge is 0.123 e. The van der Waals surface area contributed by atoms with Crippen LogP contribution in [-0.2, 0) is 13.1 Å². The summed E-state index contributed by atoms with van der Waals surface area (Å²) in [5.74, 6) is -0.180. The Bertz CT molecular complexity index is 587. The highest BCUT2D eigenvalue weighted by Crippen LogP contribution is 2.18. The van der Waals surface area contributed by atoms with E-state index in [4.69, 9.17) is 0 Å². The van der Waals surface area contributed by atoms with Crippen LogP contribution in [0, 0.1) is 19.7 Å². The topological polar surface area (TPSA) is 17.0 Å². The molecular weight excluding hydrogens is 251 g/mol. The quantitative estimate of drug-likeness (QED) is 0.868. The lowest BCUT2D eigenvalue weighted by Gasteiger charge is -2.14. The first-order valence-electron chi connectivity index (χ1n) is 7.17. The number of halogens is 1. The van der Waals surface area contributed by atoms with E-state index in [-0.39, 0.29) is 11.9 Å². The predicted octanol–water partition coefficient (Wildman–Crippen LogP) is 4.11. The van der Waals surface area contributed by atoms with Gasteiger partial charge in [0.05, 0.1) is 0 Å². The van der Waals surface area contributed by atoms with Gasteiger partial charge in [-0.25, -0.2) is 4.39 Å². The Morgan fingerprint density at radius 3 is 2.60 bits per heavy atom. The zero-order chi connectivity index (χ0) is 14.7. The summed E-state index contributed by atoms with van der Waals surface area (Å²) >= 11 is 0. The van der Waals surface area contributed by atoms with Crippen LogP contribution in [0.3, 0.4) is 0 Å². The van der Waals surface area contributed by atoms with Gasteiger partial charge in [0, 0.05) is 30.5 Å². The van der Waals surface area contributed by atoms with Crippen molar-refractivity contribution in [2.75, 3.05) is 0 Å². The van der Waals surface area contributed by atoms with Crippen LogP contribution in [0.25, 0.3) is 0 Å². The summed E-state index contributed by atoms with van der Waals surface area (Å²) in [6.45, 7) is 10.3. The molecule has 3 heteroatoms. The van der Waals surface area contributed by atoms with E-state index in [0.29, 0.717) is 0 Å². The van der Waals surface area contributed by atoms with E-state index in [1.165, 1.54) is 23.0 Å². The molecule has 20 heavy (non-hydrogen) atoms. The van der Waals surface area contributed by atoms with Crippen molar-refractivity contribution in [2.45, 2.75) is 46.8 Å². The fraction of sp³-hybridized carbons (Fsp3) is 0.412. The van der Waals surface area contributed by atoms with Gasteiger partial charge < -0.3 is 9.88 Å². The van der Waals surface area contributed by atoms with Crippen LogP contribution < -0.4 is 5.32 Å². The number of nitrogens with one attached hydrogen (secondary N) is 1. The van der Waals surface area contributed by atoms with E-state index in [1.807, 2.05) is 6.07 Å². The number of rotatable bonds is 5. The average Bonchev–Trinajstić information content (AvgIpc) is 2.70. The summed E-state index contributed by atoms with van der Waals surface area (Å²) in [7, 11) is 0. The molecule has 1 aromatic carbocycles. The minimum atomic E-state index is -0.180. The Labute approximate surface area is 120 Å². The van der Waals surface area contributed by atoms with Gasteiger partial charge in [-0.3, -0.25) is 0 Å². The zero-order valence-corrected chi connectivity index (χ0v) is 12.7. The second-order valence-electron chi connectivity index (χ2n) is 5.30. The minimum Gasteiger partial charge on any atom is -0.349 e. The lowest BCUT2D eigenvalue weighted by atomic mass is 10.1. The van der Waals surface area contributed by atoms with Crippen molar-refractivity contribution in [2.24, 2.45) is 0 Å². The van der Waals surface area contributed by atoms with E-state index < -0.39 is 0 Å². The lowest BCUT2D eigenvalue weighted by molar-refractivity contribution is 0.562. The highest BCUT2D eigenvalue weighted by Gasteiger charge is 2.10. The molecule has 2 nitrogen and oxygen atoms in total. The van der Waals surface area contributed by atoms with Crippen molar-refractivity contribution in [3.05, 3.63) is 58.7 Å². The molecule has 0 saturated carbocycles. The van der Waals surface area contributed by atoms with Crippen molar-refractivity contribution in [1.29, 1.82) is 0 Å². The minimum absolute atomic E-state index is 0.135. The second-order valence-corrected chi connectivity index (χ2v) is 5.30. The normalized spacial score (nSPS) is 12.7. The van der Waals surface area contributed by atoms with Crippen molar-refractivity contribution in [3.63, 3.8) is 0 Å². The molecule has 0 unspecified atom stereocenters. The van der Waals surface area contributed by atoms with Gasteiger partial charge in [-0.1, -0.05) is 12.1 Å². The summed E-state index contributed by atoms with van der Waals surface area (Å²) in [6, 6.07) is 9.14. The fourth-order valence-corrected chi connectivity index (χ4v) is 2.69. The van der Waals surface area contributed by atoms with Crippen LogP contribution in [0.2, 0.25) is 0 Å². The Morgan fingerprint density at radius 1 is 1.25 bits per heavy atom. The van der Waals surface area contributed by atoms with Crippen molar-refractivity contribution in [3.8, 4) is 0 Å². The summed E-state index contributed by atoms with van der Waals surface area (Å²) in [4.78, 5) is 0. The molecule has 0 spiro atoms. The largest absolute Gasteiger partial charge is 0.349 e. The number of nitrogens with zero attached hydrogens (tertiary/aromatic N) is 1. The highest BCUT2D eigenvalue weighted by molar-refractivity contribution is 5.27. The van der Waals surface area contributed by atoms with Gasteiger partial charge in [0.2, 0.25) is 0 Å².